The van der Waals surface area contributed by atoms with Crippen LogP contribution in [0.4, 0.5) is 4.39 Å². The molecule has 4 heterocycles. The summed E-state index contributed by atoms with van der Waals surface area (Å²) < 4.78 is 33.2. The molecule has 0 spiro atoms. The Morgan fingerprint density at radius 3 is 2.73 bits per heavy atom. The predicted octanol–water partition coefficient (Wildman–Crippen LogP) is 6.81. The van der Waals surface area contributed by atoms with Gasteiger partial charge in [-0.25, -0.2) is 14.2 Å². The molecule has 4 aromatic rings. The van der Waals surface area contributed by atoms with Gasteiger partial charge in [-0.1, -0.05) is 29.8 Å². The number of benzene rings is 2. The minimum Gasteiger partial charge on any atom is -0.489 e. The number of carbonyl (C=O) groups is 1. The molecule has 0 aliphatic carbocycles. The molecule has 2 fully saturated rings. The smallest absolute Gasteiger partial charge is 0.348 e. The number of aromatic nitrogens is 2. The van der Waals surface area contributed by atoms with Gasteiger partial charge in [-0.15, -0.1) is 11.3 Å². The Labute approximate surface area is 247 Å². The van der Waals surface area contributed by atoms with Crippen molar-refractivity contribution in [3.05, 3.63) is 81.2 Å². The second-order valence-electron chi connectivity index (χ2n) is 10.6. The maximum absolute atomic E-state index is 14.1. The van der Waals surface area contributed by atoms with E-state index < -0.39 is 0 Å². The van der Waals surface area contributed by atoms with Gasteiger partial charge in [-0.2, -0.15) is 0 Å². The van der Waals surface area contributed by atoms with Gasteiger partial charge in [0.15, 0.2) is 0 Å². The molecule has 0 N–H and O–H groups in total. The molecule has 0 saturated carbocycles. The van der Waals surface area contributed by atoms with Crippen LogP contribution in [0, 0.1) is 5.82 Å². The van der Waals surface area contributed by atoms with Crippen LogP contribution in [0.5, 0.6) is 5.75 Å². The fraction of sp³-hybridized carbons (Fsp3) is 0.419. The van der Waals surface area contributed by atoms with Crippen molar-refractivity contribution in [3.8, 4) is 5.75 Å². The van der Waals surface area contributed by atoms with Gasteiger partial charge in [-0.3, -0.25) is 4.90 Å². The van der Waals surface area contributed by atoms with Crippen molar-refractivity contribution in [2.75, 3.05) is 26.3 Å². The summed E-state index contributed by atoms with van der Waals surface area (Å²) in [5.41, 5.74) is 2.70. The predicted molar refractivity (Wildman–Crippen MR) is 157 cm³/mol. The highest BCUT2D eigenvalue weighted by atomic mass is 35.5. The van der Waals surface area contributed by atoms with E-state index >= 15 is 0 Å². The normalized spacial score (nSPS) is 18.0. The fourth-order valence-electron chi connectivity index (χ4n) is 5.50. The number of imidazole rings is 1. The molecule has 0 radical (unpaired) electrons. The van der Waals surface area contributed by atoms with E-state index in [-0.39, 0.29) is 24.5 Å². The number of rotatable bonds is 10. The number of nitrogens with zero attached hydrogens (tertiary/aromatic N) is 3. The third-order valence-corrected chi connectivity index (χ3v) is 9.11. The lowest BCUT2D eigenvalue weighted by Crippen LogP contribution is -2.35. The third-order valence-electron chi connectivity index (χ3n) is 7.87. The molecule has 0 unspecified atom stereocenters. The van der Waals surface area contributed by atoms with E-state index in [0.717, 1.165) is 74.0 Å². The number of carbonyl (C=O) groups excluding carboxylic acids is 1. The highest BCUT2D eigenvalue weighted by Gasteiger charge is 2.27. The van der Waals surface area contributed by atoms with Crippen molar-refractivity contribution in [3.63, 3.8) is 0 Å². The molecule has 41 heavy (non-hydrogen) atoms. The lowest BCUT2D eigenvalue weighted by molar-refractivity contribution is -0.0592. The Kier molecular flexibility index (Phi) is 8.57. The standard InChI is InChI=1S/C31H33ClFN3O4S/c1-2-38-31(37)28-16-27-30(41-28)34-29(36(27)17-25-10-13-39-25)18-35-11-8-20(9-12-35)21-4-3-5-24(14-21)40-19-22-6-7-23(32)15-26(22)33/h3-7,14-16,20,25H,2,8-13,17-19H2,1H3/t25-/m0/s1. The Morgan fingerprint density at radius 2 is 2.00 bits per heavy atom. The van der Waals surface area contributed by atoms with Crippen molar-refractivity contribution >= 4 is 39.3 Å². The minimum atomic E-state index is -0.360. The van der Waals surface area contributed by atoms with Crippen LogP contribution >= 0.6 is 22.9 Å². The number of ether oxygens (including phenoxy) is 3. The van der Waals surface area contributed by atoms with E-state index in [2.05, 4.69) is 21.6 Å². The van der Waals surface area contributed by atoms with E-state index in [1.165, 1.54) is 23.0 Å². The highest BCUT2D eigenvalue weighted by Crippen LogP contribution is 2.33. The van der Waals surface area contributed by atoms with Crippen molar-refractivity contribution in [2.24, 2.45) is 0 Å². The van der Waals surface area contributed by atoms with Crippen LogP contribution in [-0.4, -0.2) is 52.8 Å². The first-order chi connectivity index (χ1) is 20.0. The van der Waals surface area contributed by atoms with Crippen molar-refractivity contribution in [1.29, 1.82) is 0 Å². The molecule has 6 rings (SSSR count). The van der Waals surface area contributed by atoms with Gasteiger partial charge in [-0.05, 0) is 81.1 Å². The summed E-state index contributed by atoms with van der Waals surface area (Å²) in [6.07, 6.45) is 3.29. The molecule has 1 atom stereocenters. The zero-order valence-corrected chi connectivity index (χ0v) is 24.6. The summed E-state index contributed by atoms with van der Waals surface area (Å²) in [7, 11) is 0. The van der Waals surface area contributed by atoms with E-state index in [1.807, 2.05) is 25.1 Å². The van der Waals surface area contributed by atoms with Gasteiger partial charge in [0, 0.05) is 17.2 Å². The molecule has 10 heteroatoms. The monoisotopic (exact) mass is 597 g/mol. The number of thiophene rings is 1. The van der Waals surface area contributed by atoms with Gasteiger partial charge in [0.25, 0.3) is 0 Å². The number of hydrogen-bond acceptors (Lipinski definition) is 7. The lowest BCUT2D eigenvalue weighted by Gasteiger charge is -2.33. The number of hydrogen-bond donors (Lipinski definition) is 0. The van der Waals surface area contributed by atoms with Gasteiger partial charge in [0.2, 0.25) is 0 Å². The molecule has 0 amide bonds. The quantitative estimate of drug-likeness (QED) is 0.187. The summed E-state index contributed by atoms with van der Waals surface area (Å²) in [5.74, 6) is 1.53. The summed E-state index contributed by atoms with van der Waals surface area (Å²) >= 11 is 7.26. The molecular weight excluding hydrogens is 565 g/mol. The molecular formula is C31H33ClFN3O4S. The van der Waals surface area contributed by atoms with Crippen molar-refractivity contribution < 1.29 is 23.4 Å². The largest absolute Gasteiger partial charge is 0.489 e. The maximum atomic E-state index is 14.1. The summed E-state index contributed by atoms with van der Waals surface area (Å²) in [6.45, 7) is 6.54. The number of halogens is 2. The summed E-state index contributed by atoms with van der Waals surface area (Å²) in [6, 6.07) is 14.7. The Balaban J connectivity index is 1.09. The van der Waals surface area contributed by atoms with E-state index in [4.69, 9.17) is 30.8 Å². The number of fused-ring (bicyclic) bond motifs is 1. The van der Waals surface area contributed by atoms with Crippen molar-refractivity contribution in [1.82, 2.24) is 14.5 Å². The van der Waals surface area contributed by atoms with Crippen LogP contribution in [0.1, 0.15) is 58.7 Å². The topological polar surface area (TPSA) is 65.8 Å². The Bertz CT molecular complexity index is 1530. The molecule has 2 saturated heterocycles. The molecule has 2 aliphatic heterocycles. The number of likely N-dealkylation sites (tertiary alicyclic amines) is 1. The summed E-state index contributed by atoms with van der Waals surface area (Å²) in [5, 5.41) is 0.374. The van der Waals surface area contributed by atoms with Gasteiger partial charge >= 0.3 is 5.97 Å². The number of piperidine rings is 1. The second-order valence-corrected chi connectivity index (χ2v) is 12.1. The van der Waals surface area contributed by atoms with Crippen molar-refractivity contribution in [2.45, 2.75) is 57.9 Å². The summed E-state index contributed by atoms with van der Waals surface area (Å²) in [4.78, 5) is 21.2. The maximum Gasteiger partial charge on any atom is 0.348 e. The van der Waals surface area contributed by atoms with Crippen LogP contribution in [0.25, 0.3) is 10.3 Å². The van der Waals surface area contributed by atoms with Crippen LogP contribution in [0.3, 0.4) is 0 Å². The third kappa shape index (κ3) is 6.43. The molecule has 2 aromatic heterocycles. The van der Waals surface area contributed by atoms with Crippen LogP contribution < -0.4 is 4.74 Å². The lowest BCUT2D eigenvalue weighted by atomic mass is 9.89. The van der Waals surface area contributed by atoms with Crippen LogP contribution in [-0.2, 0) is 29.2 Å². The molecule has 7 nitrogen and oxygen atoms in total. The Morgan fingerprint density at radius 1 is 1.17 bits per heavy atom. The second kappa shape index (κ2) is 12.5. The number of esters is 1. The average Bonchev–Trinajstić information content (AvgIpc) is 3.49. The molecule has 2 aromatic carbocycles. The van der Waals surface area contributed by atoms with Gasteiger partial charge in [0.05, 0.1) is 31.3 Å². The first kappa shape index (κ1) is 28.2. The van der Waals surface area contributed by atoms with Crippen LogP contribution in [0.2, 0.25) is 5.02 Å². The van der Waals surface area contributed by atoms with Gasteiger partial charge < -0.3 is 18.8 Å². The van der Waals surface area contributed by atoms with E-state index in [1.54, 1.807) is 12.1 Å². The molecule has 2 aliphatic rings. The zero-order valence-electron chi connectivity index (χ0n) is 23.0. The van der Waals surface area contributed by atoms with Crippen LogP contribution in [0.15, 0.2) is 48.5 Å². The SMILES string of the molecule is CCOC(=O)c1cc2c(nc(CN3CCC(c4cccc(OCc5ccc(Cl)cc5F)c4)CC3)n2C[C@@H]2CCO2)s1. The minimum absolute atomic E-state index is 0.155. The zero-order chi connectivity index (χ0) is 28.3. The highest BCUT2D eigenvalue weighted by molar-refractivity contribution is 7.20. The first-order valence-corrected chi connectivity index (χ1v) is 15.3. The molecule has 0 bridgehead atoms. The molecule has 216 valence electrons. The fourth-order valence-corrected chi connectivity index (χ4v) is 6.61. The van der Waals surface area contributed by atoms with E-state index in [9.17, 15) is 9.18 Å². The van der Waals surface area contributed by atoms with E-state index in [0.29, 0.717) is 28.0 Å². The van der Waals surface area contributed by atoms with Gasteiger partial charge in [0.1, 0.15) is 33.7 Å². The average molecular weight is 598 g/mol. The first-order valence-electron chi connectivity index (χ1n) is 14.1. The Hall–Kier alpha value is -2.98.